The van der Waals surface area contributed by atoms with Crippen molar-refractivity contribution in [2.24, 2.45) is 23.7 Å². The molecule has 0 aliphatic heterocycles. The fourth-order valence-electron chi connectivity index (χ4n) is 9.54. The van der Waals surface area contributed by atoms with Gasteiger partial charge in [-0.3, -0.25) is 37.3 Å². The molecule has 498 valence electrons. The van der Waals surface area contributed by atoms with E-state index in [-0.39, 0.29) is 25.7 Å². The maximum atomic E-state index is 13.0. The molecule has 84 heavy (non-hydrogen) atoms. The molecular weight excluding hydrogens is 1110 g/mol. The summed E-state index contributed by atoms with van der Waals surface area (Å²) >= 11 is 0. The fraction of sp³-hybridized carbons (Fsp3) is 0.938. The summed E-state index contributed by atoms with van der Waals surface area (Å²) in [5.41, 5.74) is 0. The van der Waals surface area contributed by atoms with Crippen LogP contribution in [0.4, 0.5) is 0 Å². The molecule has 0 rings (SSSR count). The molecule has 3 N–H and O–H groups in total. The van der Waals surface area contributed by atoms with Gasteiger partial charge in [0.25, 0.3) is 0 Å². The molecule has 0 aliphatic carbocycles. The molecule has 0 aromatic rings. The number of aliphatic hydroxyl groups excluding tert-OH is 1. The number of aliphatic hydroxyl groups is 1. The van der Waals surface area contributed by atoms with Gasteiger partial charge in [0.2, 0.25) is 0 Å². The minimum atomic E-state index is -4.95. The summed E-state index contributed by atoms with van der Waals surface area (Å²) in [6, 6.07) is 0. The average molecular weight is 1240 g/mol. The molecule has 0 aromatic carbocycles. The summed E-state index contributed by atoms with van der Waals surface area (Å²) in [5.74, 6) is 0.799. The maximum absolute atomic E-state index is 13.0. The Labute approximate surface area is 511 Å². The molecular formula is C65H126O17P2. The van der Waals surface area contributed by atoms with Crippen LogP contribution in [-0.2, 0) is 65.4 Å². The van der Waals surface area contributed by atoms with Crippen LogP contribution in [0, 0.1) is 23.7 Å². The van der Waals surface area contributed by atoms with Gasteiger partial charge in [-0.05, 0) is 49.4 Å². The van der Waals surface area contributed by atoms with E-state index in [9.17, 15) is 43.2 Å². The van der Waals surface area contributed by atoms with Gasteiger partial charge < -0.3 is 33.8 Å². The number of phosphoric ester groups is 2. The van der Waals surface area contributed by atoms with Gasteiger partial charge in [0.15, 0.2) is 12.2 Å². The van der Waals surface area contributed by atoms with Crippen molar-refractivity contribution in [1.82, 2.24) is 0 Å². The van der Waals surface area contributed by atoms with Crippen molar-refractivity contribution < 1.29 is 80.2 Å². The number of carbonyl (C=O) groups is 4. The molecule has 5 unspecified atom stereocenters. The van der Waals surface area contributed by atoms with Gasteiger partial charge in [-0.2, -0.15) is 0 Å². The summed E-state index contributed by atoms with van der Waals surface area (Å²) < 4.78 is 68.0. The van der Waals surface area contributed by atoms with E-state index in [0.717, 1.165) is 114 Å². The lowest BCUT2D eigenvalue weighted by Crippen LogP contribution is -2.30. The Morgan fingerprint density at radius 2 is 0.571 bits per heavy atom. The summed E-state index contributed by atoms with van der Waals surface area (Å²) in [6.07, 6.45) is 34.9. The van der Waals surface area contributed by atoms with Gasteiger partial charge >= 0.3 is 39.5 Å². The maximum Gasteiger partial charge on any atom is 0.472 e. The van der Waals surface area contributed by atoms with Crippen LogP contribution in [0.1, 0.15) is 312 Å². The normalized spacial score (nSPS) is 15.1. The van der Waals surface area contributed by atoms with Crippen molar-refractivity contribution in [2.45, 2.75) is 331 Å². The molecule has 17 nitrogen and oxygen atoms in total. The molecule has 0 saturated carbocycles. The van der Waals surface area contributed by atoms with Gasteiger partial charge in [-0.1, -0.05) is 261 Å². The van der Waals surface area contributed by atoms with Crippen LogP contribution in [0.5, 0.6) is 0 Å². The molecule has 0 spiro atoms. The average Bonchev–Trinajstić information content (AvgIpc) is 3.51. The first kappa shape index (κ1) is 82.1. The minimum Gasteiger partial charge on any atom is -0.462 e. The van der Waals surface area contributed by atoms with Crippen molar-refractivity contribution in [3.05, 3.63) is 0 Å². The van der Waals surface area contributed by atoms with E-state index >= 15 is 0 Å². The van der Waals surface area contributed by atoms with Crippen molar-refractivity contribution in [3.63, 3.8) is 0 Å². The molecule has 19 heteroatoms. The monoisotopic (exact) mass is 1240 g/mol. The highest BCUT2D eigenvalue weighted by Gasteiger charge is 2.30. The van der Waals surface area contributed by atoms with Crippen LogP contribution in [0.15, 0.2) is 0 Å². The second-order valence-electron chi connectivity index (χ2n) is 24.9. The first-order chi connectivity index (χ1) is 40.2. The highest BCUT2D eigenvalue weighted by atomic mass is 31.2. The highest BCUT2D eigenvalue weighted by Crippen LogP contribution is 2.45. The highest BCUT2D eigenvalue weighted by molar-refractivity contribution is 7.47. The first-order valence-corrected chi connectivity index (χ1v) is 36.8. The van der Waals surface area contributed by atoms with Crippen LogP contribution < -0.4 is 0 Å². The topological polar surface area (TPSA) is 237 Å². The standard InChI is InChI=1S/C65H126O17P2/c1-9-57(7)43-35-27-19-14-15-20-29-37-45-62(67)75-52-61(82-65(70)48-40-32-24-23-28-36-44-58(8)10-2)54-80-84(73,74)78-50-59(66)49-77-83(71,72)79-53-60(51-76-63(68)46-38-30-22-16-18-26-34-42-56(5)6)81-64(69)47-39-31-21-13-11-12-17-25-33-41-55(3)4/h55-61,66H,9-54H2,1-8H3,(H,71,72)(H,73,74)/t57?,58?,59?,60-,61-/m1/s1. The number of hydrogen-bond donors (Lipinski definition) is 3. The third kappa shape index (κ3) is 56.6. The Balaban J connectivity index is 5.26. The second kappa shape index (κ2) is 55.2. The smallest absolute Gasteiger partial charge is 0.462 e. The SMILES string of the molecule is CCC(C)CCCCCCCCCCC(=O)OC[C@H](COP(=O)(O)OCC(O)COP(=O)(O)OC[C@@H](COC(=O)CCCCCCCCCC(C)C)OC(=O)CCCCCCCCCCCC(C)C)OC(=O)CCCCCCCCC(C)CC. The van der Waals surface area contributed by atoms with Gasteiger partial charge in [0.05, 0.1) is 26.4 Å². The zero-order valence-corrected chi connectivity index (χ0v) is 56.3. The van der Waals surface area contributed by atoms with E-state index in [1.165, 1.54) is 109 Å². The van der Waals surface area contributed by atoms with Gasteiger partial charge in [0, 0.05) is 25.7 Å². The third-order valence-electron chi connectivity index (χ3n) is 15.5. The Bertz CT molecular complexity index is 1680. The molecule has 0 bridgehead atoms. The quantitative estimate of drug-likeness (QED) is 0.0222. The summed E-state index contributed by atoms with van der Waals surface area (Å²) in [6.45, 7) is 14.0. The van der Waals surface area contributed by atoms with Crippen LogP contribution in [0.2, 0.25) is 0 Å². The molecule has 0 fully saturated rings. The third-order valence-corrected chi connectivity index (χ3v) is 17.4. The predicted molar refractivity (Wildman–Crippen MR) is 335 cm³/mol. The van der Waals surface area contributed by atoms with Crippen molar-refractivity contribution >= 4 is 39.5 Å². The summed E-state index contributed by atoms with van der Waals surface area (Å²) in [7, 11) is -9.89. The lowest BCUT2D eigenvalue weighted by molar-refractivity contribution is -0.161. The zero-order chi connectivity index (χ0) is 62.5. The van der Waals surface area contributed by atoms with Crippen LogP contribution in [0.25, 0.3) is 0 Å². The molecule has 7 atom stereocenters. The lowest BCUT2D eigenvalue weighted by atomic mass is 9.99. The molecule has 0 amide bonds. The molecule has 0 heterocycles. The Hall–Kier alpha value is -1.94. The van der Waals surface area contributed by atoms with Crippen LogP contribution in [-0.4, -0.2) is 96.7 Å². The van der Waals surface area contributed by atoms with Gasteiger partial charge in [-0.15, -0.1) is 0 Å². The van der Waals surface area contributed by atoms with Gasteiger partial charge in [-0.25, -0.2) is 9.13 Å². The molecule has 0 radical (unpaired) electrons. The first-order valence-electron chi connectivity index (χ1n) is 33.8. The molecule has 0 saturated heterocycles. The fourth-order valence-corrected chi connectivity index (χ4v) is 11.1. The van der Waals surface area contributed by atoms with Gasteiger partial charge in [0.1, 0.15) is 19.3 Å². The van der Waals surface area contributed by atoms with Crippen LogP contribution in [0.3, 0.4) is 0 Å². The number of phosphoric acid groups is 2. The molecule has 0 aromatic heterocycles. The molecule has 0 aliphatic rings. The zero-order valence-electron chi connectivity index (χ0n) is 54.5. The Morgan fingerprint density at radius 1 is 0.333 bits per heavy atom. The number of hydrogen-bond acceptors (Lipinski definition) is 15. The van der Waals surface area contributed by atoms with E-state index in [0.29, 0.717) is 31.6 Å². The number of ether oxygens (including phenoxy) is 4. The van der Waals surface area contributed by atoms with E-state index in [1.807, 2.05) is 0 Å². The Morgan fingerprint density at radius 3 is 0.845 bits per heavy atom. The van der Waals surface area contributed by atoms with E-state index in [2.05, 4.69) is 55.4 Å². The van der Waals surface area contributed by atoms with E-state index in [1.54, 1.807) is 0 Å². The van der Waals surface area contributed by atoms with Crippen molar-refractivity contribution in [3.8, 4) is 0 Å². The number of rotatable bonds is 62. The van der Waals surface area contributed by atoms with E-state index < -0.39 is 97.5 Å². The lowest BCUT2D eigenvalue weighted by Gasteiger charge is -2.21. The number of carbonyl (C=O) groups excluding carboxylic acids is 4. The summed E-state index contributed by atoms with van der Waals surface area (Å²) in [4.78, 5) is 72.3. The van der Waals surface area contributed by atoms with Crippen molar-refractivity contribution in [1.29, 1.82) is 0 Å². The largest absolute Gasteiger partial charge is 0.472 e. The Kier molecular flexibility index (Phi) is 53.9. The van der Waals surface area contributed by atoms with Crippen molar-refractivity contribution in [2.75, 3.05) is 39.6 Å². The van der Waals surface area contributed by atoms with E-state index in [4.69, 9.17) is 37.0 Å². The van der Waals surface area contributed by atoms with Crippen LogP contribution >= 0.6 is 15.6 Å². The summed E-state index contributed by atoms with van der Waals surface area (Å²) in [5, 5.41) is 10.5. The number of unbranched alkanes of at least 4 members (excludes halogenated alkanes) is 26. The second-order valence-corrected chi connectivity index (χ2v) is 27.8. The number of esters is 4. The minimum absolute atomic E-state index is 0.102. The predicted octanol–water partition coefficient (Wildman–Crippen LogP) is 17.8.